The molecule has 0 atom stereocenters. The van der Waals surface area contributed by atoms with Crippen molar-refractivity contribution in [2.24, 2.45) is 0 Å². The molecule has 2 rings (SSSR count). The summed E-state index contributed by atoms with van der Waals surface area (Å²) in [4.78, 5) is 11.9. The van der Waals surface area contributed by atoms with Crippen LogP contribution >= 0.6 is 11.3 Å². The van der Waals surface area contributed by atoms with E-state index in [1.165, 1.54) is 0 Å². The van der Waals surface area contributed by atoms with E-state index in [0.717, 1.165) is 4.88 Å². The maximum atomic E-state index is 11.2. The molecule has 5 nitrogen and oxygen atoms in total. The van der Waals surface area contributed by atoms with Gasteiger partial charge in [-0.05, 0) is 30.5 Å². The summed E-state index contributed by atoms with van der Waals surface area (Å²) in [7, 11) is 0. The number of nitro groups is 1. The number of nitro benzene ring substituents is 1. The third-order valence-corrected chi connectivity index (χ3v) is 3.39. The Balaban J connectivity index is 2.23. The molecule has 0 fully saturated rings. The first-order valence-corrected chi connectivity index (χ1v) is 6.76. The number of para-hydroxylation sites is 1. The highest BCUT2D eigenvalue weighted by molar-refractivity contribution is 7.09. The lowest BCUT2D eigenvalue weighted by atomic mass is 10.2. The average Bonchev–Trinajstić information content (AvgIpc) is 2.89. The molecule has 0 spiro atoms. The zero-order chi connectivity index (χ0) is 13.7. The molecule has 0 amide bonds. The fraction of sp³-hybridized carbons (Fsp3) is 0.231. The summed E-state index contributed by atoms with van der Waals surface area (Å²) in [5.74, 6) is 0.295. The van der Waals surface area contributed by atoms with Crippen molar-refractivity contribution in [3.05, 3.63) is 50.7 Å². The number of hydrogen-bond donors (Lipinski definition) is 1. The van der Waals surface area contributed by atoms with Crippen molar-refractivity contribution in [3.8, 4) is 5.75 Å². The van der Waals surface area contributed by atoms with E-state index in [1.54, 1.807) is 36.5 Å². The van der Waals surface area contributed by atoms with Crippen LogP contribution in [0.4, 0.5) is 11.4 Å². The first-order valence-electron chi connectivity index (χ1n) is 5.88. The van der Waals surface area contributed by atoms with Gasteiger partial charge >= 0.3 is 5.69 Å². The van der Waals surface area contributed by atoms with Crippen LogP contribution in [0.25, 0.3) is 0 Å². The Bertz CT molecular complexity index is 555. The summed E-state index contributed by atoms with van der Waals surface area (Å²) in [6.07, 6.45) is 0. The summed E-state index contributed by atoms with van der Waals surface area (Å²) in [5.41, 5.74) is 0.463. The zero-order valence-corrected chi connectivity index (χ0v) is 11.3. The van der Waals surface area contributed by atoms with E-state index in [4.69, 9.17) is 4.74 Å². The third kappa shape index (κ3) is 3.23. The molecule has 0 unspecified atom stereocenters. The Morgan fingerprint density at radius 1 is 1.37 bits per heavy atom. The molecule has 0 bridgehead atoms. The molecule has 1 aromatic heterocycles. The Labute approximate surface area is 115 Å². The van der Waals surface area contributed by atoms with Gasteiger partial charge in [0.15, 0.2) is 5.75 Å². The number of nitrogens with zero attached hydrogens (tertiary/aromatic N) is 1. The van der Waals surface area contributed by atoms with Crippen molar-refractivity contribution in [1.82, 2.24) is 0 Å². The molecule has 1 N–H and O–H groups in total. The Morgan fingerprint density at radius 2 is 2.21 bits per heavy atom. The van der Waals surface area contributed by atoms with E-state index in [-0.39, 0.29) is 5.69 Å². The molecular weight excluding hydrogens is 264 g/mol. The van der Waals surface area contributed by atoms with Crippen molar-refractivity contribution >= 4 is 22.7 Å². The highest BCUT2D eigenvalue weighted by atomic mass is 32.1. The highest BCUT2D eigenvalue weighted by Gasteiger charge is 2.20. The number of thiophene rings is 1. The van der Waals surface area contributed by atoms with E-state index < -0.39 is 4.92 Å². The predicted molar refractivity (Wildman–Crippen MR) is 75.9 cm³/mol. The minimum absolute atomic E-state index is 0.0130. The smallest absolute Gasteiger partial charge is 0.333 e. The van der Waals surface area contributed by atoms with Gasteiger partial charge in [-0.3, -0.25) is 10.1 Å². The van der Waals surface area contributed by atoms with Gasteiger partial charge in [-0.2, -0.15) is 0 Å². The predicted octanol–water partition coefficient (Wildman–Crippen LogP) is 3.67. The van der Waals surface area contributed by atoms with Crippen LogP contribution in [-0.2, 0) is 6.54 Å². The highest BCUT2D eigenvalue weighted by Crippen LogP contribution is 2.35. The molecule has 0 radical (unpaired) electrons. The number of anilines is 1. The minimum Gasteiger partial charge on any atom is -0.487 e. The number of nitrogens with one attached hydrogen (secondary N) is 1. The van der Waals surface area contributed by atoms with Crippen molar-refractivity contribution in [2.75, 3.05) is 11.9 Å². The van der Waals surface area contributed by atoms with Crippen LogP contribution in [0, 0.1) is 10.1 Å². The van der Waals surface area contributed by atoms with Crippen molar-refractivity contribution in [3.63, 3.8) is 0 Å². The summed E-state index contributed by atoms with van der Waals surface area (Å²) in [6, 6.07) is 8.98. The second kappa shape index (κ2) is 6.19. The lowest BCUT2D eigenvalue weighted by Gasteiger charge is -2.09. The van der Waals surface area contributed by atoms with Crippen LogP contribution in [0.5, 0.6) is 5.75 Å². The second-order valence-corrected chi connectivity index (χ2v) is 4.81. The Morgan fingerprint density at radius 3 is 2.84 bits per heavy atom. The van der Waals surface area contributed by atoms with Gasteiger partial charge in [0.2, 0.25) is 0 Å². The van der Waals surface area contributed by atoms with Gasteiger partial charge in [-0.1, -0.05) is 12.1 Å². The minimum atomic E-state index is -0.415. The van der Waals surface area contributed by atoms with E-state index in [2.05, 4.69) is 5.32 Å². The van der Waals surface area contributed by atoms with Gasteiger partial charge in [-0.25, -0.2) is 0 Å². The second-order valence-electron chi connectivity index (χ2n) is 3.78. The molecule has 100 valence electrons. The molecule has 1 aromatic carbocycles. The van der Waals surface area contributed by atoms with Crippen molar-refractivity contribution in [1.29, 1.82) is 0 Å². The molecule has 0 saturated heterocycles. The van der Waals surface area contributed by atoms with Crippen LogP contribution in [0.3, 0.4) is 0 Å². The first-order chi connectivity index (χ1) is 9.22. The lowest BCUT2D eigenvalue weighted by molar-refractivity contribution is -0.384. The molecule has 0 aliphatic carbocycles. The van der Waals surface area contributed by atoms with Crippen molar-refractivity contribution in [2.45, 2.75) is 13.5 Å². The SMILES string of the molecule is CCOc1cccc(NCc2cccs2)c1[N+](=O)[O-]. The quantitative estimate of drug-likeness (QED) is 0.647. The maximum absolute atomic E-state index is 11.2. The maximum Gasteiger partial charge on any atom is 0.333 e. The van der Waals surface area contributed by atoms with Gasteiger partial charge < -0.3 is 10.1 Å². The summed E-state index contributed by atoms with van der Waals surface area (Å²) >= 11 is 1.61. The third-order valence-electron chi connectivity index (χ3n) is 2.51. The number of benzene rings is 1. The summed E-state index contributed by atoms with van der Waals surface area (Å²) in [5, 5.41) is 16.2. The lowest BCUT2D eigenvalue weighted by Crippen LogP contribution is -2.04. The molecular formula is C13H14N2O3S. The zero-order valence-electron chi connectivity index (χ0n) is 10.5. The topological polar surface area (TPSA) is 64.4 Å². The van der Waals surface area contributed by atoms with Crippen LogP contribution in [0.1, 0.15) is 11.8 Å². The van der Waals surface area contributed by atoms with Crippen LogP contribution < -0.4 is 10.1 Å². The first kappa shape index (κ1) is 13.4. The Hall–Kier alpha value is -2.08. The normalized spacial score (nSPS) is 10.2. The van der Waals surface area contributed by atoms with E-state index in [1.807, 2.05) is 17.5 Å². The van der Waals surface area contributed by atoms with Crippen LogP contribution in [0.2, 0.25) is 0 Å². The van der Waals surface area contributed by atoms with Gasteiger partial charge in [0.05, 0.1) is 11.5 Å². The molecule has 0 aliphatic heterocycles. The van der Waals surface area contributed by atoms with Crippen LogP contribution in [-0.4, -0.2) is 11.5 Å². The fourth-order valence-electron chi connectivity index (χ4n) is 1.72. The Kier molecular flexibility index (Phi) is 4.35. The van der Waals surface area contributed by atoms with Crippen molar-refractivity contribution < 1.29 is 9.66 Å². The fourth-order valence-corrected chi connectivity index (χ4v) is 2.37. The monoisotopic (exact) mass is 278 g/mol. The average molecular weight is 278 g/mol. The van der Waals surface area contributed by atoms with Gasteiger partial charge in [0, 0.05) is 11.4 Å². The molecule has 0 saturated carbocycles. The molecule has 2 aromatic rings. The number of ether oxygens (including phenoxy) is 1. The molecule has 0 aliphatic rings. The van der Waals surface area contributed by atoms with Gasteiger partial charge in [0.1, 0.15) is 5.69 Å². The molecule has 19 heavy (non-hydrogen) atoms. The van der Waals surface area contributed by atoms with E-state index >= 15 is 0 Å². The van der Waals surface area contributed by atoms with E-state index in [0.29, 0.717) is 24.6 Å². The number of hydrogen-bond acceptors (Lipinski definition) is 5. The molecule has 6 heteroatoms. The molecule has 1 heterocycles. The van der Waals surface area contributed by atoms with Gasteiger partial charge in [-0.15, -0.1) is 11.3 Å². The van der Waals surface area contributed by atoms with Crippen LogP contribution in [0.15, 0.2) is 35.7 Å². The van der Waals surface area contributed by atoms with Gasteiger partial charge in [0.25, 0.3) is 0 Å². The summed E-state index contributed by atoms with van der Waals surface area (Å²) in [6.45, 7) is 2.76. The summed E-state index contributed by atoms with van der Waals surface area (Å²) < 4.78 is 5.30. The standard InChI is InChI=1S/C13H14N2O3S/c1-2-18-12-7-3-6-11(13(12)15(16)17)14-9-10-5-4-8-19-10/h3-8,14H,2,9H2,1H3. The van der Waals surface area contributed by atoms with E-state index in [9.17, 15) is 10.1 Å². The largest absolute Gasteiger partial charge is 0.487 e. The number of rotatable bonds is 6.